The van der Waals surface area contributed by atoms with Gasteiger partial charge < -0.3 is 11.1 Å². The summed E-state index contributed by atoms with van der Waals surface area (Å²) >= 11 is 0. The number of rotatable bonds is 2. The maximum Gasteiger partial charge on any atom is 0.128 e. The molecule has 2 aromatic rings. The number of hydrogen-bond acceptors (Lipinski definition) is 4. The minimum absolute atomic E-state index is 0.242. The van der Waals surface area contributed by atoms with E-state index in [0.717, 1.165) is 30.0 Å². The summed E-state index contributed by atoms with van der Waals surface area (Å²) in [5.41, 5.74) is 10.7. The van der Waals surface area contributed by atoms with Gasteiger partial charge in [-0.05, 0) is 55.2 Å². The number of nitrogens with one attached hydrogen (secondary N) is 1. The number of anilines is 2. The van der Waals surface area contributed by atoms with Crippen LogP contribution in [0.4, 0.5) is 11.5 Å². The van der Waals surface area contributed by atoms with E-state index in [2.05, 4.69) is 22.4 Å². The number of nitrogen functional groups attached to an aromatic ring is 1. The molecular weight excluding hydrogens is 248 g/mol. The number of aromatic nitrogens is 1. The number of fused-ring (bicyclic) bond motifs is 1. The van der Waals surface area contributed by atoms with E-state index in [1.54, 1.807) is 12.1 Å². The van der Waals surface area contributed by atoms with Crippen molar-refractivity contribution in [2.45, 2.75) is 25.8 Å². The first-order chi connectivity index (χ1) is 9.65. The fraction of sp³-hybridized carbons (Fsp3) is 0.250. The number of aryl methyl sites for hydroxylation is 2. The fourth-order valence-electron chi connectivity index (χ4n) is 2.77. The van der Waals surface area contributed by atoms with Crippen LogP contribution in [0.25, 0.3) is 0 Å². The van der Waals surface area contributed by atoms with Crippen molar-refractivity contribution in [1.29, 1.82) is 5.26 Å². The van der Waals surface area contributed by atoms with E-state index >= 15 is 0 Å². The van der Waals surface area contributed by atoms with Gasteiger partial charge in [0.25, 0.3) is 0 Å². The van der Waals surface area contributed by atoms with Crippen molar-refractivity contribution in [3.8, 4) is 6.07 Å². The molecule has 1 aliphatic carbocycles. The molecule has 20 heavy (non-hydrogen) atoms. The van der Waals surface area contributed by atoms with Crippen LogP contribution in [0.5, 0.6) is 0 Å². The zero-order valence-electron chi connectivity index (χ0n) is 11.4. The molecule has 1 atom stereocenters. The van der Waals surface area contributed by atoms with E-state index in [0.29, 0.717) is 5.56 Å². The van der Waals surface area contributed by atoms with E-state index in [1.165, 1.54) is 11.1 Å². The van der Waals surface area contributed by atoms with Crippen molar-refractivity contribution in [2.75, 3.05) is 11.1 Å². The highest BCUT2D eigenvalue weighted by Crippen LogP contribution is 2.34. The van der Waals surface area contributed by atoms with Gasteiger partial charge in [0.15, 0.2) is 0 Å². The summed E-state index contributed by atoms with van der Waals surface area (Å²) in [5.74, 6) is 0.760. The van der Waals surface area contributed by atoms with E-state index in [1.807, 2.05) is 19.1 Å². The Labute approximate surface area is 118 Å². The van der Waals surface area contributed by atoms with Gasteiger partial charge in [-0.25, -0.2) is 4.98 Å². The molecule has 0 saturated carbocycles. The van der Waals surface area contributed by atoms with Crippen LogP contribution in [-0.4, -0.2) is 4.98 Å². The van der Waals surface area contributed by atoms with Crippen LogP contribution < -0.4 is 11.1 Å². The van der Waals surface area contributed by atoms with Gasteiger partial charge in [0.05, 0.1) is 17.7 Å². The highest BCUT2D eigenvalue weighted by atomic mass is 15.0. The molecule has 0 spiro atoms. The Hall–Kier alpha value is -2.54. The number of nitriles is 1. The lowest BCUT2D eigenvalue weighted by Gasteiger charge is -2.15. The zero-order chi connectivity index (χ0) is 14.1. The van der Waals surface area contributed by atoms with E-state index in [4.69, 9.17) is 11.0 Å². The molecule has 0 bridgehead atoms. The maximum atomic E-state index is 9.02. The Kier molecular flexibility index (Phi) is 3.03. The summed E-state index contributed by atoms with van der Waals surface area (Å²) in [5, 5.41) is 12.4. The first-order valence-corrected chi connectivity index (χ1v) is 6.69. The minimum atomic E-state index is 0.242. The lowest BCUT2D eigenvalue weighted by molar-refractivity contribution is 0.756. The summed E-state index contributed by atoms with van der Waals surface area (Å²) in [7, 11) is 0. The van der Waals surface area contributed by atoms with E-state index < -0.39 is 0 Å². The molecule has 100 valence electrons. The smallest absolute Gasteiger partial charge is 0.128 e. The largest absolute Gasteiger partial charge is 0.399 e. The van der Waals surface area contributed by atoms with Crippen molar-refractivity contribution in [3.63, 3.8) is 0 Å². The van der Waals surface area contributed by atoms with E-state index in [9.17, 15) is 0 Å². The molecular formula is C16H16N4. The van der Waals surface area contributed by atoms with Crippen LogP contribution in [0.3, 0.4) is 0 Å². The third-order valence-corrected chi connectivity index (χ3v) is 3.65. The summed E-state index contributed by atoms with van der Waals surface area (Å²) in [6.45, 7) is 1.90. The van der Waals surface area contributed by atoms with Crippen LogP contribution >= 0.6 is 0 Å². The molecule has 1 aromatic heterocycles. The molecule has 0 radical (unpaired) electrons. The van der Waals surface area contributed by atoms with E-state index in [-0.39, 0.29) is 6.04 Å². The standard InChI is InChI=1S/C16H16N4/c1-10-6-11(9-17)7-16(19-10)20-15-5-2-12-8-13(18)3-4-14(12)15/h3-4,6-8,15H,2,5,18H2,1H3,(H,19,20). The second kappa shape index (κ2) is 4.86. The number of pyridine rings is 1. The number of hydrogen-bond donors (Lipinski definition) is 2. The van der Waals surface area contributed by atoms with Crippen molar-refractivity contribution >= 4 is 11.5 Å². The first-order valence-electron chi connectivity index (χ1n) is 6.69. The van der Waals surface area contributed by atoms with Gasteiger partial charge in [-0.2, -0.15) is 5.26 Å². The highest BCUT2D eigenvalue weighted by molar-refractivity contribution is 5.52. The first kappa shape index (κ1) is 12.5. The average molecular weight is 264 g/mol. The third kappa shape index (κ3) is 2.30. The molecule has 3 rings (SSSR count). The topological polar surface area (TPSA) is 74.7 Å². The number of nitrogens with two attached hydrogens (primary N) is 1. The van der Waals surface area contributed by atoms with Gasteiger partial charge in [0.2, 0.25) is 0 Å². The molecule has 1 aromatic carbocycles. The number of nitrogens with zero attached hydrogens (tertiary/aromatic N) is 2. The average Bonchev–Trinajstić information content (AvgIpc) is 2.80. The second-order valence-corrected chi connectivity index (χ2v) is 5.19. The molecule has 0 aliphatic heterocycles. The van der Waals surface area contributed by atoms with Crippen LogP contribution in [0.1, 0.15) is 34.8 Å². The van der Waals surface area contributed by atoms with Gasteiger partial charge in [-0.1, -0.05) is 6.07 Å². The molecule has 0 fully saturated rings. The van der Waals surface area contributed by atoms with Crippen molar-refractivity contribution in [1.82, 2.24) is 4.98 Å². The van der Waals surface area contributed by atoms with Crippen molar-refractivity contribution in [2.24, 2.45) is 0 Å². The number of benzene rings is 1. The van der Waals surface area contributed by atoms with Crippen LogP contribution in [0, 0.1) is 18.3 Å². The van der Waals surface area contributed by atoms with Crippen molar-refractivity contribution < 1.29 is 0 Å². The Morgan fingerprint density at radius 1 is 1.35 bits per heavy atom. The predicted molar refractivity (Wildman–Crippen MR) is 79.2 cm³/mol. The lowest BCUT2D eigenvalue weighted by Crippen LogP contribution is -2.09. The monoisotopic (exact) mass is 264 g/mol. The second-order valence-electron chi connectivity index (χ2n) is 5.19. The third-order valence-electron chi connectivity index (χ3n) is 3.65. The zero-order valence-corrected chi connectivity index (χ0v) is 11.4. The van der Waals surface area contributed by atoms with Crippen molar-refractivity contribution in [3.05, 3.63) is 52.7 Å². The minimum Gasteiger partial charge on any atom is -0.399 e. The Bertz CT molecular complexity index is 700. The normalized spacial score (nSPS) is 16.5. The van der Waals surface area contributed by atoms with Crippen LogP contribution in [-0.2, 0) is 6.42 Å². The SMILES string of the molecule is Cc1cc(C#N)cc(NC2CCc3cc(N)ccc32)n1. The molecule has 1 aliphatic rings. The predicted octanol–water partition coefficient (Wildman–Crippen LogP) is 2.94. The lowest BCUT2D eigenvalue weighted by atomic mass is 10.1. The van der Waals surface area contributed by atoms with Gasteiger partial charge in [0, 0.05) is 11.4 Å². The summed E-state index contributed by atoms with van der Waals surface area (Å²) in [6, 6.07) is 12.0. The Morgan fingerprint density at radius 3 is 3.00 bits per heavy atom. The van der Waals surface area contributed by atoms with Gasteiger partial charge in [-0.3, -0.25) is 0 Å². The van der Waals surface area contributed by atoms with Gasteiger partial charge in [-0.15, -0.1) is 0 Å². The maximum absolute atomic E-state index is 9.02. The Morgan fingerprint density at radius 2 is 2.20 bits per heavy atom. The molecule has 0 saturated heterocycles. The van der Waals surface area contributed by atoms with Gasteiger partial charge in [0.1, 0.15) is 5.82 Å². The van der Waals surface area contributed by atoms with Gasteiger partial charge >= 0.3 is 0 Å². The van der Waals surface area contributed by atoms with Crippen LogP contribution in [0.15, 0.2) is 30.3 Å². The fourth-order valence-corrected chi connectivity index (χ4v) is 2.77. The Balaban J connectivity index is 1.88. The molecule has 4 heteroatoms. The quantitative estimate of drug-likeness (QED) is 0.818. The molecule has 0 amide bonds. The molecule has 4 nitrogen and oxygen atoms in total. The summed E-state index contributed by atoms with van der Waals surface area (Å²) in [4.78, 5) is 4.45. The molecule has 1 heterocycles. The molecule has 3 N–H and O–H groups in total. The summed E-state index contributed by atoms with van der Waals surface area (Å²) in [6.07, 6.45) is 2.05. The molecule has 1 unspecified atom stereocenters. The summed E-state index contributed by atoms with van der Waals surface area (Å²) < 4.78 is 0. The highest BCUT2D eigenvalue weighted by Gasteiger charge is 2.22. The van der Waals surface area contributed by atoms with Crippen LogP contribution in [0.2, 0.25) is 0 Å².